The molecule has 0 aliphatic rings. The summed E-state index contributed by atoms with van der Waals surface area (Å²) in [6, 6.07) is 6.75. The third-order valence-electron chi connectivity index (χ3n) is 2.93. The third kappa shape index (κ3) is 3.21. The van der Waals surface area contributed by atoms with Crippen LogP contribution in [0, 0.1) is 6.92 Å². The first kappa shape index (κ1) is 13.3. The number of H-pyrrole nitrogens is 1. The lowest BCUT2D eigenvalue weighted by Crippen LogP contribution is -2.23. The van der Waals surface area contributed by atoms with E-state index in [2.05, 4.69) is 63.3 Å². The van der Waals surface area contributed by atoms with Gasteiger partial charge in [0.15, 0.2) is 0 Å². The highest BCUT2D eigenvalue weighted by Crippen LogP contribution is 2.26. The summed E-state index contributed by atoms with van der Waals surface area (Å²) in [6.45, 7) is 5.16. The minimum absolute atomic E-state index is 0.274. The number of nitrogens with zero attached hydrogens (tertiary/aromatic N) is 1. The molecule has 1 aromatic carbocycles. The van der Waals surface area contributed by atoms with Crippen LogP contribution < -0.4 is 5.32 Å². The second-order valence-corrected chi connectivity index (χ2v) is 5.23. The lowest BCUT2D eigenvalue weighted by molar-refractivity contribution is 0.537. The third-order valence-corrected chi connectivity index (χ3v) is 3.62. The fraction of sp³-hybridized carbons (Fsp3) is 0.357. The first-order valence-electron chi connectivity index (χ1n) is 6.18. The van der Waals surface area contributed by atoms with Crippen molar-refractivity contribution in [1.29, 1.82) is 0 Å². The summed E-state index contributed by atoms with van der Waals surface area (Å²) in [5.41, 5.74) is 2.54. The minimum Gasteiger partial charge on any atom is -0.349 e. The number of likely N-dealkylation sites (N-methyl/N-ethyl adjacent to an activating group) is 1. The Balaban J connectivity index is 2.23. The maximum absolute atomic E-state index is 4.30. The maximum Gasteiger partial charge on any atom is 0.107 e. The Bertz CT molecular complexity index is 494. The average molecular weight is 308 g/mol. The molecule has 1 atom stereocenters. The van der Waals surface area contributed by atoms with Crippen LogP contribution in [0.3, 0.4) is 0 Å². The number of aromatic nitrogens is 2. The summed E-state index contributed by atoms with van der Waals surface area (Å²) in [4.78, 5) is 7.46. The standard InChI is InChI=1S/C14H18BrN3/c1-3-16-13(9-14-17-6-7-18-14)11-5-4-10(2)8-12(11)15/h4-8,13,16H,3,9H2,1-2H3,(H,17,18). The van der Waals surface area contributed by atoms with Gasteiger partial charge in [0.05, 0.1) is 0 Å². The molecule has 0 bridgehead atoms. The van der Waals surface area contributed by atoms with Crippen LogP contribution in [0.5, 0.6) is 0 Å². The predicted molar refractivity (Wildman–Crippen MR) is 77.6 cm³/mol. The predicted octanol–water partition coefficient (Wildman–Crippen LogP) is 3.37. The molecule has 0 aliphatic carbocycles. The van der Waals surface area contributed by atoms with Crippen LogP contribution in [-0.4, -0.2) is 16.5 Å². The van der Waals surface area contributed by atoms with Gasteiger partial charge in [0.2, 0.25) is 0 Å². The minimum atomic E-state index is 0.274. The van der Waals surface area contributed by atoms with Gasteiger partial charge in [-0.05, 0) is 30.7 Å². The van der Waals surface area contributed by atoms with Gasteiger partial charge in [-0.2, -0.15) is 0 Å². The van der Waals surface area contributed by atoms with Crippen molar-refractivity contribution in [2.45, 2.75) is 26.3 Å². The zero-order valence-electron chi connectivity index (χ0n) is 10.7. The zero-order valence-corrected chi connectivity index (χ0v) is 12.3. The lowest BCUT2D eigenvalue weighted by atomic mass is 10.0. The summed E-state index contributed by atoms with van der Waals surface area (Å²) in [6.07, 6.45) is 4.52. The largest absolute Gasteiger partial charge is 0.349 e. The highest BCUT2D eigenvalue weighted by atomic mass is 79.9. The van der Waals surface area contributed by atoms with Crippen molar-refractivity contribution in [2.24, 2.45) is 0 Å². The van der Waals surface area contributed by atoms with Gasteiger partial charge in [-0.25, -0.2) is 4.98 Å². The molecule has 0 saturated carbocycles. The normalized spacial score (nSPS) is 12.6. The van der Waals surface area contributed by atoms with E-state index in [9.17, 15) is 0 Å². The average Bonchev–Trinajstić information content (AvgIpc) is 2.81. The Morgan fingerprint density at radius 3 is 2.89 bits per heavy atom. The number of rotatable bonds is 5. The topological polar surface area (TPSA) is 40.7 Å². The summed E-state index contributed by atoms with van der Waals surface area (Å²) >= 11 is 3.65. The number of aryl methyl sites for hydroxylation is 1. The molecule has 0 radical (unpaired) electrons. The first-order valence-corrected chi connectivity index (χ1v) is 6.97. The van der Waals surface area contributed by atoms with Gasteiger partial charge in [0.1, 0.15) is 5.82 Å². The van der Waals surface area contributed by atoms with E-state index in [1.807, 2.05) is 6.20 Å². The van der Waals surface area contributed by atoms with Gasteiger partial charge >= 0.3 is 0 Å². The highest BCUT2D eigenvalue weighted by molar-refractivity contribution is 9.10. The van der Waals surface area contributed by atoms with Crippen molar-refractivity contribution in [3.63, 3.8) is 0 Å². The number of nitrogens with one attached hydrogen (secondary N) is 2. The molecular weight excluding hydrogens is 290 g/mol. The van der Waals surface area contributed by atoms with Gasteiger partial charge in [-0.15, -0.1) is 0 Å². The Kier molecular flexibility index (Phi) is 4.55. The van der Waals surface area contributed by atoms with Crippen molar-refractivity contribution in [3.8, 4) is 0 Å². The van der Waals surface area contributed by atoms with E-state index in [1.54, 1.807) is 6.20 Å². The van der Waals surface area contributed by atoms with Gasteiger partial charge in [-0.1, -0.05) is 35.0 Å². The van der Waals surface area contributed by atoms with Gasteiger partial charge in [-0.3, -0.25) is 0 Å². The molecule has 0 amide bonds. The van der Waals surface area contributed by atoms with Crippen LogP contribution in [0.25, 0.3) is 0 Å². The van der Waals surface area contributed by atoms with E-state index < -0.39 is 0 Å². The van der Waals surface area contributed by atoms with Gasteiger partial charge < -0.3 is 10.3 Å². The number of hydrogen-bond acceptors (Lipinski definition) is 2. The summed E-state index contributed by atoms with van der Waals surface area (Å²) in [7, 11) is 0. The molecule has 1 aromatic heterocycles. The Labute approximate surface area is 116 Å². The van der Waals surface area contributed by atoms with Crippen LogP contribution in [0.1, 0.15) is 29.9 Å². The quantitative estimate of drug-likeness (QED) is 0.889. The van der Waals surface area contributed by atoms with Crippen molar-refractivity contribution in [2.75, 3.05) is 6.54 Å². The Hall–Kier alpha value is -1.13. The molecule has 2 rings (SSSR count). The second-order valence-electron chi connectivity index (χ2n) is 4.38. The van der Waals surface area contributed by atoms with Crippen molar-refractivity contribution in [3.05, 3.63) is 52.0 Å². The highest BCUT2D eigenvalue weighted by Gasteiger charge is 2.15. The molecule has 0 spiro atoms. The van der Waals surface area contributed by atoms with Crippen molar-refractivity contribution in [1.82, 2.24) is 15.3 Å². The SMILES string of the molecule is CCNC(Cc1ncc[nH]1)c1ccc(C)cc1Br. The van der Waals surface area contributed by atoms with E-state index in [1.165, 1.54) is 11.1 Å². The molecule has 1 unspecified atom stereocenters. The van der Waals surface area contributed by atoms with E-state index in [-0.39, 0.29) is 6.04 Å². The molecule has 96 valence electrons. The van der Waals surface area contributed by atoms with Crippen molar-refractivity contribution >= 4 is 15.9 Å². The monoisotopic (exact) mass is 307 g/mol. The first-order chi connectivity index (χ1) is 8.70. The fourth-order valence-electron chi connectivity index (χ4n) is 2.06. The smallest absolute Gasteiger partial charge is 0.107 e. The molecule has 2 N–H and O–H groups in total. The zero-order chi connectivity index (χ0) is 13.0. The lowest BCUT2D eigenvalue weighted by Gasteiger charge is -2.19. The van der Waals surface area contributed by atoms with Crippen LogP contribution in [0.2, 0.25) is 0 Å². The molecule has 0 saturated heterocycles. The van der Waals surface area contributed by atoms with E-state index in [4.69, 9.17) is 0 Å². The van der Waals surface area contributed by atoms with Gasteiger partial charge in [0, 0.05) is 29.3 Å². The second kappa shape index (κ2) is 6.16. The molecular formula is C14H18BrN3. The van der Waals surface area contributed by atoms with E-state index in [0.717, 1.165) is 23.3 Å². The van der Waals surface area contributed by atoms with Crippen LogP contribution in [-0.2, 0) is 6.42 Å². The number of imidazole rings is 1. The van der Waals surface area contributed by atoms with Crippen LogP contribution in [0.4, 0.5) is 0 Å². The molecule has 0 fully saturated rings. The molecule has 18 heavy (non-hydrogen) atoms. The van der Waals surface area contributed by atoms with Crippen molar-refractivity contribution < 1.29 is 0 Å². The summed E-state index contributed by atoms with van der Waals surface area (Å²) in [5.74, 6) is 1.01. The molecule has 0 aliphatic heterocycles. The number of benzene rings is 1. The van der Waals surface area contributed by atoms with Crippen LogP contribution in [0.15, 0.2) is 35.1 Å². The summed E-state index contributed by atoms with van der Waals surface area (Å²) < 4.78 is 1.15. The summed E-state index contributed by atoms with van der Waals surface area (Å²) in [5, 5.41) is 3.51. The van der Waals surface area contributed by atoms with Gasteiger partial charge in [0.25, 0.3) is 0 Å². The number of aromatic amines is 1. The fourth-order valence-corrected chi connectivity index (χ4v) is 2.83. The molecule has 2 aromatic rings. The Morgan fingerprint density at radius 2 is 2.28 bits per heavy atom. The molecule has 1 heterocycles. The molecule has 4 heteroatoms. The number of halogens is 1. The van der Waals surface area contributed by atoms with E-state index in [0.29, 0.717) is 0 Å². The molecule has 3 nitrogen and oxygen atoms in total. The Morgan fingerprint density at radius 1 is 1.44 bits per heavy atom. The number of hydrogen-bond donors (Lipinski definition) is 2. The van der Waals surface area contributed by atoms with Crippen LogP contribution >= 0.6 is 15.9 Å². The van der Waals surface area contributed by atoms with E-state index >= 15 is 0 Å². The maximum atomic E-state index is 4.30.